The number of carboxylic acids is 1. The number of hydrogen-bond acceptors (Lipinski definition) is 4. The number of rotatable bonds is 10. The molecular weight excluding hydrogens is 464 g/mol. The lowest BCUT2D eigenvalue weighted by atomic mass is 9.82. The number of carbonyl (C=O) groups is 2. The van der Waals surface area contributed by atoms with E-state index in [1.807, 2.05) is 6.92 Å². The Balaban J connectivity index is 1.58. The van der Waals surface area contributed by atoms with E-state index in [1.54, 1.807) is 12.1 Å². The molecule has 0 radical (unpaired) electrons. The number of nitrogens with one attached hydrogen (secondary N) is 1. The second kappa shape index (κ2) is 13.0. The van der Waals surface area contributed by atoms with E-state index in [9.17, 15) is 14.7 Å². The predicted molar refractivity (Wildman–Crippen MR) is 148 cm³/mol. The summed E-state index contributed by atoms with van der Waals surface area (Å²) in [7, 11) is 0. The zero-order chi connectivity index (χ0) is 26.2. The minimum absolute atomic E-state index is 0.0440. The van der Waals surface area contributed by atoms with Gasteiger partial charge >= 0.3 is 5.97 Å². The monoisotopic (exact) mass is 506 g/mol. The summed E-state index contributed by atoms with van der Waals surface area (Å²) in [6.45, 7) is 6.51. The fourth-order valence-electron chi connectivity index (χ4n) is 6.09. The average molecular weight is 507 g/mol. The molecule has 0 bridgehead atoms. The summed E-state index contributed by atoms with van der Waals surface area (Å²) in [4.78, 5) is 27.5. The van der Waals surface area contributed by atoms with Crippen molar-refractivity contribution in [3.8, 4) is 5.75 Å². The summed E-state index contributed by atoms with van der Waals surface area (Å²) in [6.07, 6.45) is 11.2. The van der Waals surface area contributed by atoms with E-state index in [1.165, 1.54) is 74.2 Å². The van der Waals surface area contributed by atoms with Crippen LogP contribution in [0.1, 0.15) is 97.8 Å². The van der Waals surface area contributed by atoms with Crippen molar-refractivity contribution in [1.29, 1.82) is 0 Å². The van der Waals surface area contributed by atoms with Crippen molar-refractivity contribution in [1.82, 2.24) is 5.32 Å². The van der Waals surface area contributed by atoms with Crippen molar-refractivity contribution in [2.24, 2.45) is 5.92 Å². The van der Waals surface area contributed by atoms with Crippen molar-refractivity contribution < 1.29 is 19.4 Å². The number of para-hydroxylation sites is 1. The lowest BCUT2D eigenvalue weighted by Gasteiger charge is -2.35. The molecule has 37 heavy (non-hydrogen) atoms. The van der Waals surface area contributed by atoms with E-state index in [2.05, 4.69) is 35.3 Å². The van der Waals surface area contributed by atoms with Gasteiger partial charge in [-0.15, -0.1) is 0 Å². The summed E-state index contributed by atoms with van der Waals surface area (Å²) in [6, 6.07) is 11.4. The summed E-state index contributed by atoms with van der Waals surface area (Å²) in [5.74, 6) is -0.146. The highest BCUT2D eigenvalue weighted by Crippen LogP contribution is 2.38. The molecule has 2 aromatic rings. The number of amides is 1. The Labute approximate surface area is 221 Å². The van der Waals surface area contributed by atoms with Crippen molar-refractivity contribution in [3.05, 3.63) is 58.7 Å². The van der Waals surface area contributed by atoms with Gasteiger partial charge in [0.1, 0.15) is 11.3 Å². The quantitative estimate of drug-likeness (QED) is 0.387. The SMILES string of the molecule is CCOc1cc(CC(=O)NC(CC2CCCCC2)c2cccc(C)c2N2CCCCC2)ccc1C(=O)O. The normalized spacial score (nSPS) is 17.3. The minimum Gasteiger partial charge on any atom is -0.493 e. The molecule has 6 heteroatoms. The molecule has 1 heterocycles. The molecule has 0 aromatic heterocycles. The average Bonchev–Trinajstić information content (AvgIpc) is 2.89. The van der Waals surface area contributed by atoms with Crippen LogP contribution in [0, 0.1) is 12.8 Å². The van der Waals surface area contributed by atoms with Gasteiger partial charge in [-0.3, -0.25) is 4.79 Å². The van der Waals surface area contributed by atoms with Gasteiger partial charge in [0.2, 0.25) is 5.91 Å². The Bertz CT molecular complexity index is 1070. The smallest absolute Gasteiger partial charge is 0.339 e. The van der Waals surface area contributed by atoms with Crippen LogP contribution in [0.25, 0.3) is 0 Å². The Morgan fingerprint density at radius 3 is 2.49 bits per heavy atom. The predicted octanol–water partition coefficient (Wildman–Crippen LogP) is 6.45. The molecule has 2 aromatic carbocycles. The third-order valence-electron chi connectivity index (χ3n) is 7.89. The zero-order valence-corrected chi connectivity index (χ0v) is 22.4. The van der Waals surface area contributed by atoms with Crippen molar-refractivity contribution in [3.63, 3.8) is 0 Å². The first-order valence-electron chi connectivity index (χ1n) is 14.1. The molecule has 2 N–H and O–H groups in total. The van der Waals surface area contributed by atoms with Crippen LogP contribution in [-0.4, -0.2) is 36.7 Å². The van der Waals surface area contributed by atoms with Crippen LogP contribution in [0.3, 0.4) is 0 Å². The van der Waals surface area contributed by atoms with Gasteiger partial charge in [0.25, 0.3) is 0 Å². The third-order valence-corrected chi connectivity index (χ3v) is 7.89. The minimum atomic E-state index is -1.03. The fourth-order valence-corrected chi connectivity index (χ4v) is 6.09. The number of piperidine rings is 1. The zero-order valence-electron chi connectivity index (χ0n) is 22.4. The van der Waals surface area contributed by atoms with E-state index >= 15 is 0 Å². The summed E-state index contributed by atoms with van der Waals surface area (Å²) in [5.41, 5.74) is 4.67. The van der Waals surface area contributed by atoms with Crippen molar-refractivity contribution in [2.75, 3.05) is 24.6 Å². The molecule has 1 aliphatic carbocycles. The maximum atomic E-state index is 13.4. The highest BCUT2D eigenvalue weighted by Gasteiger charge is 2.27. The van der Waals surface area contributed by atoms with E-state index in [-0.39, 0.29) is 23.9 Å². The second-order valence-electron chi connectivity index (χ2n) is 10.7. The second-order valence-corrected chi connectivity index (χ2v) is 10.7. The number of ether oxygens (including phenoxy) is 1. The van der Waals surface area contributed by atoms with E-state index in [4.69, 9.17) is 4.74 Å². The molecule has 0 spiro atoms. The topological polar surface area (TPSA) is 78.9 Å². The van der Waals surface area contributed by atoms with Crippen LogP contribution < -0.4 is 15.0 Å². The third kappa shape index (κ3) is 7.06. The van der Waals surface area contributed by atoms with E-state index < -0.39 is 5.97 Å². The Kier molecular flexibility index (Phi) is 9.48. The molecule has 1 amide bonds. The number of hydrogen-bond donors (Lipinski definition) is 2. The van der Waals surface area contributed by atoms with Gasteiger partial charge in [-0.1, -0.05) is 56.4 Å². The highest BCUT2D eigenvalue weighted by molar-refractivity contribution is 5.91. The maximum absolute atomic E-state index is 13.4. The maximum Gasteiger partial charge on any atom is 0.339 e. The van der Waals surface area contributed by atoms with E-state index in [0.717, 1.165) is 25.1 Å². The van der Waals surface area contributed by atoms with Gasteiger partial charge in [-0.2, -0.15) is 0 Å². The van der Waals surface area contributed by atoms with Crippen LogP contribution in [0.15, 0.2) is 36.4 Å². The van der Waals surface area contributed by atoms with Gasteiger partial charge in [0, 0.05) is 18.8 Å². The first-order chi connectivity index (χ1) is 18.0. The largest absolute Gasteiger partial charge is 0.493 e. The molecule has 2 aliphatic rings. The molecule has 200 valence electrons. The highest BCUT2D eigenvalue weighted by atomic mass is 16.5. The number of benzene rings is 2. The van der Waals surface area contributed by atoms with Crippen LogP contribution in [-0.2, 0) is 11.2 Å². The molecule has 1 unspecified atom stereocenters. The van der Waals surface area contributed by atoms with Crippen molar-refractivity contribution in [2.45, 2.75) is 84.1 Å². The van der Waals surface area contributed by atoms with Crippen LogP contribution in [0.5, 0.6) is 5.75 Å². The standard InChI is InChI=1S/C31H42N2O4/c1-3-37-28-20-24(15-16-26(28)31(35)36)21-29(34)32-27(19-23-12-6-4-7-13-23)25-14-10-11-22(2)30(25)33-17-8-5-9-18-33/h10-11,14-16,20,23,27H,3-9,12-13,17-19,21H2,1-2H3,(H,32,34)(H,35,36). The van der Waals surface area contributed by atoms with Gasteiger partial charge in [0.15, 0.2) is 0 Å². The first-order valence-corrected chi connectivity index (χ1v) is 14.1. The Morgan fingerprint density at radius 1 is 1.05 bits per heavy atom. The summed E-state index contributed by atoms with van der Waals surface area (Å²) in [5, 5.41) is 12.9. The van der Waals surface area contributed by atoms with E-state index in [0.29, 0.717) is 18.3 Å². The molecule has 6 nitrogen and oxygen atoms in total. The summed E-state index contributed by atoms with van der Waals surface area (Å²) < 4.78 is 5.55. The number of aromatic carboxylic acids is 1. The van der Waals surface area contributed by atoms with Crippen molar-refractivity contribution >= 4 is 17.6 Å². The molecule has 1 aliphatic heterocycles. The number of carboxylic acid groups (broad SMARTS) is 1. The molecule has 1 atom stereocenters. The lowest BCUT2D eigenvalue weighted by Crippen LogP contribution is -2.35. The number of carbonyl (C=O) groups excluding carboxylic acids is 1. The van der Waals surface area contributed by atoms with Crippen LogP contribution in [0.4, 0.5) is 5.69 Å². The summed E-state index contributed by atoms with van der Waals surface area (Å²) >= 11 is 0. The molecule has 1 saturated heterocycles. The Morgan fingerprint density at radius 2 is 1.78 bits per heavy atom. The van der Waals surface area contributed by atoms with Gasteiger partial charge in [-0.05, 0) is 74.3 Å². The molecular formula is C31H42N2O4. The van der Waals surface area contributed by atoms with Gasteiger partial charge in [0.05, 0.1) is 19.1 Å². The molecule has 1 saturated carbocycles. The molecule has 4 rings (SSSR count). The number of nitrogens with zero attached hydrogens (tertiary/aromatic N) is 1. The number of anilines is 1. The molecule has 2 fully saturated rings. The lowest BCUT2D eigenvalue weighted by molar-refractivity contribution is -0.121. The van der Waals surface area contributed by atoms with Crippen LogP contribution >= 0.6 is 0 Å². The first kappa shape index (κ1) is 27.0. The fraction of sp³-hybridized carbons (Fsp3) is 0.548. The number of aryl methyl sites for hydroxylation is 1. The van der Waals surface area contributed by atoms with Crippen LogP contribution in [0.2, 0.25) is 0 Å². The van der Waals surface area contributed by atoms with Gasteiger partial charge < -0.3 is 20.1 Å². The van der Waals surface area contributed by atoms with Gasteiger partial charge in [-0.25, -0.2) is 4.79 Å². The Hall–Kier alpha value is -3.02.